The average molecular weight is 814 g/mol. The Kier molecular flexibility index (Phi) is 9.13. The topological polar surface area (TPSA) is 3.24 Å². The number of para-hydroxylation sites is 1. The molecule has 0 N–H and O–H groups in total. The second kappa shape index (κ2) is 15.6. The van der Waals surface area contributed by atoms with E-state index in [0.717, 1.165) is 17.1 Å². The van der Waals surface area contributed by atoms with Gasteiger partial charge >= 0.3 is 0 Å². The molecule has 0 bridgehead atoms. The summed E-state index contributed by atoms with van der Waals surface area (Å²) >= 11 is 0. The molecule has 0 aromatic heterocycles. The van der Waals surface area contributed by atoms with Crippen LogP contribution < -0.4 is 4.90 Å². The molecule has 11 aromatic rings. The summed E-state index contributed by atoms with van der Waals surface area (Å²) in [7, 11) is 0. The van der Waals surface area contributed by atoms with E-state index in [1.165, 1.54) is 88.3 Å². The second-order valence-electron chi connectivity index (χ2n) is 16.8. The van der Waals surface area contributed by atoms with Gasteiger partial charge in [-0.15, -0.1) is 0 Å². The minimum Gasteiger partial charge on any atom is -0.310 e. The van der Waals surface area contributed by atoms with Gasteiger partial charge in [-0.1, -0.05) is 218 Å². The number of anilines is 3. The van der Waals surface area contributed by atoms with Crippen molar-refractivity contribution >= 4 is 38.6 Å². The summed E-state index contributed by atoms with van der Waals surface area (Å²) in [5, 5.41) is 5.02. The average Bonchev–Trinajstić information content (AvgIpc) is 3.67. The first-order valence-corrected chi connectivity index (χ1v) is 22.2. The van der Waals surface area contributed by atoms with E-state index in [0.29, 0.717) is 0 Å². The van der Waals surface area contributed by atoms with E-state index >= 15 is 0 Å². The zero-order valence-electron chi connectivity index (χ0n) is 35.3. The summed E-state index contributed by atoms with van der Waals surface area (Å²) in [5.41, 5.74) is 17.8. The Balaban J connectivity index is 1.02. The minimum atomic E-state index is -0.489. The molecule has 300 valence electrons. The molecule has 0 aliphatic heterocycles. The van der Waals surface area contributed by atoms with Crippen LogP contribution in [-0.2, 0) is 5.41 Å². The molecule has 0 atom stereocenters. The van der Waals surface area contributed by atoms with Gasteiger partial charge in [-0.3, -0.25) is 0 Å². The maximum atomic E-state index is 2.44. The predicted molar refractivity (Wildman–Crippen MR) is 270 cm³/mol. The first-order valence-electron chi connectivity index (χ1n) is 22.2. The van der Waals surface area contributed by atoms with Crippen LogP contribution in [0.1, 0.15) is 22.3 Å². The molecule has 64 heavy (non-hydrogen) atoms. The summed E-state index contributed by atoms with van der Waals surface area (Å²) in [6.45, 7) is 0. The minimum absolute atomic E-state index is 0.489. The van der Waals surface area contributed by atoms with E-state index in [1.807, 2.05) is 0 Å². The Labute approximate surface area is 374 Å². The largest absolute Gasteiger partial charge is 0.310 e. The SMILES string of the molecule is c1ccc(-c2c3ccccc3c(-c3ccccc3)c3cc(-c4ccc(N(c5ccccc5)c5ccc6c(c5)C(c5ccccc5)(c5ccccc5)c5ccccc5-6)cc4)ccc23)cc1. The summed E-state index contributed by atoms with van der Waals surface area (Å²) in [6.07, 6.45) is 0. The lowest BCUT2D eigenvalue weighted by molar-refractivity contribution is 0.768. The Morgan fingerprint density at radius 3 is 1.30 bits per heavy atom. The third kappa shape index (κ3) is 6.01. The van der Waals surface area contributed by atoms with Gasteiger partial charge in [-0.2, -0.15) is 0 Å². The fraction of sp³-hybridized carbons (Fsp3) is 0.0159. The van der Waals surface area contributed by atoms with Gasteiger partial charge in [0.2, 0.25) is 0 Å². The first kappa shape index (κ1) is 37.5. The van der Waals surface area contributed by atoms with Gasteiger partial charge in [0.25, 0.3) is 0 Å². The smallest absolute Gasteiger partial charge is 0.0714 e. The molecule has 0 radical (unpaired) electrons. The van der Waals surface area contributed by atoms with E-state index in [4.69, 9.17) is 0 Å². The fourth-order valence-electron chi connectivity index (χ4n) is 10.6. The van der Waals surface area contributed by atoms with Crippen molar-refractivity contribution in [3.8, 4) is 44.5 Å². The highest BCUT2D eigenvalue weighted by Gasteiger charge is 2.46. The van der Waals surface area contributed by atoms with Gasteiger partial charge in [0.15, 0.2) is 0 Å². The quantitative estimate of drug-likeness (QED) is 0.138. The maximum Gasteiger partial charge on any atom is 0.0714 e. The Morgan fingerprint density at radius 2 is 0.688 bits per heavy atom. The predicted octanol–water partition coefficient (Wildman–Crippen LogP) is 16.8. The molecule has 11 aromatic carbocycles. The van der Waals surface area contributed by atoms with E-state index in [1.54, 1.807) is 0 Å². The zero-order chi connectivity index (χ0) is 42.5. The highest BCUT2D eigenvalue weighted by molar-refractivity contribution is 6.22. The van der Waals surface area contributed by atoms with Crippen LogP contribution in [0.15, 0.2) is 261 Å². The Morgan fingerprint density at radius 1 is 0.250 bits per heavy atom. The molecule has 1 heteroatoms. The van der Waals surface area contributed by atoms with Crippen LogP contribution in [0, 0.1) is 0 Å². The number of hydrogen-bond donors (Lipinski definition) is 0. The highest BCUT2D eigenvalue weighted by Crippen LogP contribution is 2.57. The van der Waals surface area contributed by atoms with Gasteiger partial charge in [-0.05, 0) is 131 Å². The molecule has 1 aliphatic rings. The standard InChI is InChI=1S/C63H43N/c1-6-20-45(21-7-1)61-55-31-16-17-32-56(55)62(46-22-8-2-9-23-46)58-42-47(36-40-57(58)61)44-34-37-51(38-35-44)64(50-28-14-5-15-29-50)52-39-41-54-53-30-18-19-33-59(53)63(60(54)43-52,48-24-10-3-11-25-48)49-26-12-4-13-27-49/h1-43H. The zero-order valence-corrected chi connectivity index (χ0v) is 35.3. The van der Waals surface area contributed by atoms with Crippen LogP contribution >= 0.6 is 0 Å². The van der Waals surface area contributed by atoms with Crippen LogP contribution in [-0.4, -0.2) is 0 Å². The van der Waals surface area contributed by atoms with Gasteiger partial charge < -0.3 is 4.90 Å². The van der Waals surface area contributed by atoms with Crippen LogP contribution in [0.2, 0.25) is 0 Å². The van der Waals surface area contributed by atoms with E-state index in [2.05, 4.69) is 266 Å². The lowest BCUT2D eigenvalue weighted by Gasteiger charge is -2.35. The van der Waals surface area contributed by atoms with Crippen LogP contribution in [0.25, 0.3) is 66.1 Å². The summed E-state index contributed by atoms with van der Waals surface area (Å²) in [4.78, 5) is 2.40. The van der Waals surface area contributed by atoms with Crippen molar-refractivity contribution in [2.45, 2.75) is 5.41 Å². The lowest BCUT2D eigenvalue weighted by Crippen LogP contribution is -2.28. The molecule has 0 saturated heterocycles. The van der Waals surface area contributed by atoms with Crippen molar-refractivity contribution in [2.24, 2.45) is 0 Å². The fourth-order valence-corrected chi connectivity index (χ4v) is 10.6. The van der Waals surface area contributed by atoms with E-state index in [9.17, 15) is 0 Å². The number of nitrogens with zero attached hydrogens (tertiary/aromatic N) is 1. The number of rotatable bonds is 8. The number of benzene rings is 11. The first-order chi connectivity index (χ1) is 31.8. The summed E-state index contributed by atoms with van der Waals surface area (Å²) < 4.78 is 0. The molecule has 0 unspecified atom stereocenters. The van der Waals surface area contributed by atoms with Crippen LogP contribution in [0.3, 0.4) is 0 Å². The Hall–Kier alpha value is -8.26. The van der Waals surface area contributed by atoms with Crippen molar-refractivity contribution < 1.29 is 0 Å². The van der Waals surface area contributed by atoms with Crippen LogP contribution in [0.4, 0.5) is 17.1 Å². The highest BCUT2D eigenvalue weighted by atomic mass is 15.1. The van der Waals surface area contributed by atoms with Crippen molar-refractivity contribution in [1.29, 1.82) is 0 Å². The monoisotopic (exact) mass is 813 g/mol. The molecule has 12 rings (SSSR count). The third-order valence-corrected chi connectivity index (χ3v) is 13.3. The molecule has 0 amide bonds. The molecule has 0 saturated carbocycles. The van der Waals surface area contributed by atoms with Gasteiger partial charge in [-0.25, -0.2) is 0 Å². The Bertz CT molecular complexity index is 3410. The number of hydrogen-bond acceptors (Lipinski definition) is 1. The van der Waals surface area contributed by atoms with E-state index in [-0.39, 0.29) is 0 Å². The van der Waals surface area contributed by atoms with E-state index < -0.39 is 5.41 Å². The van der Waals surface area contributed by atoms with Crippen molar-refractivity contribution in [1.82, 2.24) is 0 Å². The van der Waals surface area contributed by atoms with Gasteiger partial charge in [0, 0.05) is 17.1 Å². The molecular formula is C63H43N. The van der Waals surface area contributed by atoms with Crippen molar-refractivity contribution in [2.75, 3.05) is 4.90 Å². The molecule has 1 aliphatic carbocycles. The molecular weight excluding hydrogens is 771 g/mol. The lowest BCUT2D eigenvalue weighted by atomic mass is 9.67. The van der Waals surface area contributed by atoms with Gasteiger partial charge in [0.05, 0.1) is 5.41 Å². The van der Waals surface area contributed by atoms with Crippen molar-refractivity contribution in [3.63, 3.8) is 0 Å². The van der Waals surface area contributed by atoms with Crippen molar-refractivity contribution in [3.05, 3.63) is 283 Å². The molecule has 0 heterocycles. The number of fused-ring (bicyclic) bond motifs is 5. The third-order valence-electron chi connectivity index (χ3n) is 13.3. The summed E-state index contributed by atoms with van der Waals surface area (Å²) in [5.74, 6) is 0. The maximum absolute atomic E-state index is 2.44. The molecule has 1 nitrogen and oxygen atoms in total. The van der Waals surface area contributed by atoms with Gasteiger partial charge in [0.1, 0.15) is 0 Å². The normalized spacial score (nSPS) is 12.5. The van der Waals surface area contributed by atoms with Crippen LogP contribution in [0.5, 0.6) is 0 Å². The second-order valence-corrected chi connectivity index (χ2v) is 16.8. The summed E-state index contributed by atoms with van der Waals surface area (Å²) in [6, 6.07) is 95.7. The molecule has 0 fully saturated rings. The molecule has 0 spiro atoms.